The first-order chi connectivity index (χ1) is 46.7. The summed E-state index contributed by atoms with van der Waals surface area (Å²) in [5.41, 5.74) is 7.69. The molecule has 98 heavy (non-hydrogen) atoms. The average molecular weight is 1430 g/mol. The van der Waals surface area contributed by atoms with Crippen LogP contribution in [0.2, 0.25) is 0 Å². The van der Waals surface area contributed by atoms with Gasteiger partial charge in [0.25, 0.3) is 0 Å². The van der Waals surface area contributed by atoms with Gasteiger partial charge >= 0.3 is 17.9 Å². The normalized spacial score (nSPS) is 14.9. The minimum Gasteiger partial charge on any atom is -0.480 e. The van der Waals surface area contributed by atoms with E-state index in [1.807, 2.05) is 45.9 Å². The highest BCUT2D eigenvalue weighted by Crippen LogP contribution is 2.19. The predicted molar refractivity (Wildman–Crippen MR) is 371 cm³/mol. The average Bonchev–Trinajstić information content (AvgIpc) is 1.03. The zero-order valence-electron chi connectivity index (χ0n) is 58.2. The number of unbranched alkanes of at least 4 members (excludes halogenated alkanes) is 1. The third-order valence-electron chi connectivity index (χ3n) is 15.1. The molecule has 13 N–H and O–H groups in total. The number of carbonyl (C=O) groups excluding carboxylic acids is 9. The summed E-state index contributed by atoms with van der Waals surface area (Å²) in [6.45, 7) is 13.5. The lowest BCUT2D eigenvalue weighted by atomic mass is 10.0. The highest BCUT2D eigenvalue weighted by Gasteiger charge is 2.27. The molecular weight excluding hydrogens is 1310 g/mol. The first-order valence-electron chi connectivity index (χ1n) is 33.7. The molecule has 1 aromatic rings. The number of nitrogens with zero attached hydrogens (tertiary/aromatic N) is 4. The first-order valence-corrected chi connectivity index (χ1v) is 36.1. The van der Waals surface area contributed by atoms with E-state index in [1.165, 1.54) is 18.8 Å². The maximum absolute atomic E-state index is 13.3. The van der Waals surface area contributed by atoms with Crippen LogP contribution in [0.4, 0.5) is 0 Å². The van der Waals surface area contributed by atoms with Crippen molar-refractivity contribution in [2.45, 2.75) is 134 Å². The van der Waals surface area contributed by atoms with Crippen LogP contribution in [0.5, 0.6) is 0 Å². The quantitative estimate of drug-likeness (QED) is 0.0363. The molecule has 0 bridgehead atoms. The lowest BCUT2D eigenvalue weighted by Gasteiger charge is -2.32. The topological polar surface area (TPSA) is 428 Å². The molecule has 1 fully saturated rings. The molecular formula is C65H111N13O18S2. The number of rotatable bonds is 51. The summed E-state index contributed by atoms with van der Waals surface area (Å²) in [5, 5.41) is 50.3. The predicted octanol–water partition coefficient (Wildman–Crippen LogP) is -0.570. The van der Waals surface area contributed by atoms with Gasteiger partial charge in [-0.05, 0) is 68.4 Å². The Bertz CT molecular complexity index is 2580. The number of carboxylic acids is 3. The van der Waals surface area contributed by atoms with Crippen LogP contribution in [0, 0.1) is 11.8 Å². The summed E-state index contributed by atoms with van der Waals surface area (Å²) in [7, 11) is 1.51. The highest BCUT2D eigenvalue weighted by atomic mass is 32.2. The van der Waals surface area contributed by atoms with Crippen molar-refractivity contribution in [1.29, 1.82) is 0 Å². The number of carbonyl (C=O) groups is 12. The molecule has 1 aliphatic rings. The van der Waals surface area contributed by atoms with Gasteiger partial charge < -0.3 is 77.8 Å². The standard InChI is InChI=1S/C65H111N13O18S2/c1-46(2)36-52(64(92)67-6)74-63(91)48(5)71-56(81)17-35-97-43-49-12-9-13-50(38-49)44-98-45-53(73-57(82)37-47(3)4)65(93)70-20-11-30-95-32-34-96-33-31-94-29-10-19-68-54(79)15-16-55(80)72-51(62(66)90)14-7-8-18-69-58(83)39-75-21-23-76(40-59(84)85)25-27-78(42-61(88)89)28-26-77(24-22-75)41-60(86)87/h9,12-13,38,46-48,51-53H,7-8,10-11,14-37,39-45H2,1-6H3,(H2,66,90)(H,67,92)(H,68,79)(H,69,83)(H,70,93)(H,71,81)(H,72,80)(H,73,82)(H,74,91)(H,84,85)(H,86,87)(H,88,89)/t48-,51-,52-,53-/m0/s1. The van der Waals surface area contributed by atoms with Crippen LogP contribution in [0.25, 0.3) is 0 Å². The van der Waals surface area contributed by atoms with Gasteiger partial charge in [-0.3, -0.25) is 77.1 Å². The second kappa shape index (κ2) is 52.3. The van der Waals surface area contributed by atoms with Gasteiger partial charge in [0.1, 0.15) is 24.2 Å². The number of primary amides is 1. The number of likely N-dealkylation sites (N-methyl/N-ethyl adjacent to an activating group) is 1. The van der Waals surface area contributed by atoms with Crippen LogP contribution < -0.4 is 48.3 Å². The van der Waals surface area contributed by atoms with Crippen LogP contribution >= 0.6 is 23.5 Å². The molecule has 1 aliphatic heterocycles. The number of benzene rings is 1. The van der Waals surface area contributed by atoms with Crippen molar-refractivity contribution < 1.29 is 87.1 Å². The number of ether oxygens (including phenoxy) is 3. The summed E-state index contributed by atoms with van der Waals surface area (Å²) in [6, 6.07) is 4.85. The van der Waals surface area contributed by atoms with E-state index in [-0.39, 0.29) is 158 Å². The Kier molecular flexibility index (Phi) is 46.6. The Labute approximate surface area is 585 Å². The number of nitrogens with one attached hydrogen (secondary N) is 8. The lowest BCUT2D eigenvalue weighted by molar-refractivity contribution is -0.140. The highest BCUT2D eigenvalue weighted by molar-refractivity contribution is 7.98. The molecule has 0 aliphatic carbocycles. The summed E-state index contributed by atoms with van der Waals surface area (Å²) in [5.74, 6) is -4.09. The lowest BCUT2D eigenvalue weighted by Crippen LogP contribution is -2.52. The van der Waals surface area contributed by atoms with Crippen molar-refractivity contribution in [3.63, 3.8) is 0 Å². The molecule has 1 aromatic carbocycles. The van der Waals surface area contributed by atoms with Crippen LogP contribution in [0.1, 0.15) is 110 Å². The molecule has 33 heteroatoms. The van der Waals surface area contributed by atoms with Gasteiger partial charge in [0, 0.05) is 141 Å². The Morgan fingerprint density at radius 3 is 1.47 bits per heavy atom. The van der Waals surface area contributed by atoms with Gasteiger partial charge in [0.05, 0.1) is 52.6 Å². The van der Waals surface area contributed by atoms with E-state index < -0.39 is 59.8 Å². The smallest absolute Gasteiger partial charge is 0.317 e. The fourth-order valence-corrected chi connectivity index (χ4v) is 11.8. The first kappa shape index (κ1) is 87.4. The van der Waals surface area contributed by atoms with E-state index in [1.54, 1.807) is 38.3 Å². The van der Waals surface area contributed by atoms with Gasteiger partial charge in [-0.2, -0.15) is 23.5 Å². The van der Waals surface area contributed by atoms with Crippen LogP contribution in [0.3, 0.4) is 0 Å². The second-order valence-corrected chi connectivity index (χ2v) is 26.9. The summed E-state index contributed by atoms with van der Waals surface area (Å²) in [6.07, 6.45) is 2.80. The van der Waals surface area contributed by atoms with E-state index in [9.17, 15) is 72.9 Å². The minimum absolute atomic E-state index is 0.0549. The van der Waals surface area contributed by atoms with E-state index in [0.29, 0.717) is 114 Å². The molecule has 1 heterocycles. The molecule has 4 atom stereocenters. The number of carboxylic acid groups (broad SMARTS) is 3. The molecule has 0 aromatic heterocycles. The van der Waals surface area contributed by atoms with Gasteiger partial charge in [0.15, 0.2) is 0 Å². The maximum atomic E-state index is 13.3. The van der Waals surface area contributed by atoms with Gasteiger partial charge in [-0.1, -0.05) is 52.0 Å². The number of aliphatic carboxylic acids is 3. The SMILES string of the molecule is CNC(=O)[C@H](CC(C)C)NC(=O)[C@H](C)NC(=O)CCSCc1cccc(CSC[C@H](NC(=O)CC(C)C)C(=O)NCCCOCCOCCOCCCNC(=O)CCC(=O)N[C@@H](CCCCNC(=O)CN2CCN(CC(=O)O)CCN(CC(=O)O)CCN(CC(=O)O)CC2)C(N)=O)c1. The summed E-state index contributed by atoms with van der Waals surface area (Å²) >= 11 is 3.13. The number of amides is 9. The molecule has 0 spiro atoms. The van der Waals surface area contributed by atoms with E-state index in [0.717, 1.165) is 11.1 Å². The van der Waals surface area contributed by atoms with Crippen LogP contribution in [0.15, 0.2) is 24.3 Å². The van der Waals surface area contributed by atoms with Crippen molar-refractivity contribution in [2.75, 3.05) is 156 Å². The second-order valence-electron chi connectivity index (χ2n) is 24.8. The molecule has 0 unspecified atom stereocenters. The van der Waals surface area contributed by atoms with Gasteiger partial charge in [-0.25, -0.2) is 0 Å². The number of hydrogen-bond donors (Lipinski definition) is 12. The monoisotopic (exact) mass is 1430 g/mol. The third-order valence-corrected chi connectivity index (χ3v) is 17.2. The van der Waals surface area contributed by atoms with Gasteiger partial charge in [-0.15, -0.1) is 0 Å². The van der Waals surface area contributed by atoms with Gasteiger partial charge in [0.2, 0.25) is 53.2 Å². The minimum atomic E-state index is -1.06. The van der Waals surface area contributed by atoms with Crippen molar-refractivity contribution in [2.24, 2.45) is 17.6 Å². The van der Waals surface area contributed by atoms with Crippen molar-refractivity contribution in [1.82, 2.24) is 62.1 Å². The largest absolute Gasteiger partial charge is 0.480 e. The van der Waals surface area contributed by atoms with Crippen molar-refractivity contribution in [3.8, 4) is 0 Å². The Hall–Kier alpha value is -6.72. The fourth-order valence-electron chi connectivity index (χ4n) is 9.88. The number of nitrogens with two attached hydrogens (primary N) is 1. The van der Waals surface area contributed by atoms with Crippen molar-refractivity contribution >= 4 is 94.6 Å². The third kappa shape index (κ3) is 44.3. The van der Waals surface area contributed by atoms with Crippen molar-refractivity contribution in [3.05, 3.63) is 35.4 Å². The molecule has 556 valence electrons. The number of hydrogen-bond acceptors (Lipinski definition) is 21. The number of thioether (sulfide) groups is 2. The zero-order chi connectivity index (χ0) is 72.6. The maximum Gasteiger partial charge on any atom is 0.317 e. The summed E-state index contributed by atoms with van der Waals surface area (Å²) < 4.78 is 16.8. The van der Waals surface area contributed by atoms with Crippen LogP contribution in [-0.2, 0) is 83.3 Å². The molecule has 0 radical (unpaired) electrons. The molecule has 1 saturated heterocycles. The molecule has 2 rings (SSSR count). The Morgan fingerprint density at radius 2 is 0.959 bits per heavy atom. The Morgan fingerprint density at radius 1 is 0.490 bits per heavy atom. The van der Waals surface area contributed by atoms with E-state index >= 15 is 0 Å². The van der Waals surface area contributed by atoms with E-state index in [2.05, 4.69) is 48.6 Å². The fraction of sp³-hybridized carbons (Fsp3) is 0.723. The Balaban J connectivity index is 1.59. The zero-order valence-corrected chi connectivity index (χ0v) is 59.8. The summed E-state index contributed by atoms with van der Waals surface area (Å²) in [4.78, 5) is 155. The molecule has 9 amide bonds. The molecule has 0 saturated carbocycles. The van der Waals surface area contributed by atoms with Crippen LogP contribution in [-0.4, -0.2) is 287 Å². The molecule has 31 nitrogen and oxygen atoms in total. The van der Waals surface area contributed by atoms with E-state index in [4.69, 9.17) is 19.9 Å².